The quantitative estimate of drug-likeness (QED) is 0.523. The lowest BCUT2D eigenvalue weighted by molar-refractivity contribution is -0.233. The van der Waals surface area contributed by atoms with Gasteiger partial charge in [0.2, 0.25) is 0 Å². The number of carbonyl (C=O) groups excluding carboxylic acids is 3. The number of rotatable bonds is 1. The van der Waals surface area contributed by atoms with Gasteiger partial charge in [0.1, 0.15) is 17.7 Å². The van der Waals surface area contributed by atoms with E-state index in [-0.39, 0.29) is 30.3 Å². The Morgan fingerprint density at radius 3 is 2.39 bits per heavy atom. The molecule has 0 heterocycles. The van der Waals surface area contributed by atoms with Crippen molar-refractivity contribution in [2.75, 3.05) is 0 Å². The Hall–Kier alpha value is -1.53. The molecule has 0 amide bonds. The van der Waals surface area contributed by atoms with E-state index in [2.05, 4.69) is 6.58 Å². The first kappa shape index (κ1) is 19.8. The molecule has 0 saturated heterocycles. The molecular weight excluding hydrogens is 360 g/mol. The van der Waals surface area contributed by atoms with E-state index in [4.69, 9.17) is 4.74 Å². The summed E-state index contributed by atoms with van der Waals surface area (Å²) in [6.07, 6.45) is -1.37. The number of ketones is 2. The Kier molecular flexibility index (Phi) is 4.07. The Morgan fingerprint density at radius 2 is 1.79 bits per heavy atom. The van der Waals surface area contributed by atoms with E-state index in [9.17, 15) is 24.6 Å². The minimum absolute atomic E-state index is 0.0123. The summed E-state index contributed by atoms with van der Waals surface area (Å²) in [6, 6.07) is 0. The first-order chi connectivity index (χ1) is 12.9. The number of aliphatic hydroxyl groups excluding tert-OH is 2. The molecule has 4 aliphatic carbocycles. The second-order valence-electron chi connectivity index (χ2n) is 10.3. The fourth-order valence-corrected chi connectivity index (χ4v) is 7.55. The average Bonchev–Trinajstić information content (AvgIpc) is 2.73. The van der Waals surface area contributed by atoms with E-state index < -0.39 is 52.4 Å². The van der Waals surface area contributed by atoms with Gasteiger partial charge in [0.05, 0.1) is 12.2 Å². The fourth-order valence-electron chi connectivity index (χ4n) is 7.55. The van der Waals surface area contributed by atoms with Crippen LogP contribution < -0.4 is 0 Å². The van der Waals surface area contributed by atoms with E-state index >= 15 is 0 Å². The molecule has 0 aliphatic heterocycles. The molecule has 4 aliphatic rings. The molecule has 8 atom stereocenters. The molecule has 6 nitrogen and oxygen atoms in total. The van der Waals surface area contributed by atoms with Crippen molar-refractivity contribution < 1.29 is 29.3 Å². The molecule has 2 bridgehead atoms. The summed E-state index contributed by atoms with van der Waals surface area (Å²) < 4.78 is 5.63. The van der Waals surface area contributed by atoms with E-state index in [1.54, 1.807) is 0 Å². The highest BCUT2D eigenvalue weighted by Gasteiger charge is 2.75. The van der Waals surface area contributed by atoms with Crippen LogP contribution in [0.5, 0.6) is 0 Å². The van der Waals surface area contributed by atoms with Gasteiger partial charge in [0, 0.05) is 54.3 Å². The highest BCUT2D eigenvalue weighted by Crippen LogP contribution is 2.70. The maximum absolute atomic E-state index is 13.5. The summed E-state index contributed by atoms with van der Waals surface area (Å²) in [4.78, 5) is 38.8. The Labute approximate surface area is 165 Å². The minimum atomic E-state index is -0.975. The number of aliphatic hydroxyl groups is 2. The molecular formula is C22H30O6. The fraction of sp³-hybridized carbons (Fsp3) is 0.773. The van der Waals surface area contributed by atoms with Crippen molar-refractivity contribution in [2.24, 2.45) is 34.0 Å². The first-order valence-corrected chi connectivity index (χ1v) is 10.1. The second kappa shape index (κ2) is 5.76. The standard InChI is InChI=1S/C22H30O6/c1-10-12-6-13(24)18-21(5)16(28-11(2)23)7-15(26)20(3,4)17(21)14(25)9-22(18,8-12)19(10)27/h12,15-19,26-27H,1,6-9H2,2-5H3/t12-,15+,16+,17-,18+,19-,21-,22+/m1/s1. The first-order valence-electron chi connectivity index (χ1n) is 10.1. The van der Waals surface area contributed by atoms with Crippen molar-refractivity contribution in [2.45, 2.75) is 71.7 Å². The second-order valence-corrected chi connectivity index (χ2v) is 10.3. The number of fused-ring (bicyclic) bond motifs is 3. The lowest BCUT2D eigenvalue weighted by Crippen LogP contribution is -2.70. The number of hydrogen-bond acceptors (Lipinski definition) is 6. The van der Waals surface area contributed by atoms with Crippen molar-refractivity contribution in [1.82, 2.24) is 0 Å². The number of carbonyl (C=O) groups is 3. The topological polar surface area (TPSA) is 101 Å². The van der Waals surface area contributed by atoms with Gasteiger partial charge in [-0.05, 0) is 17.9 Å². The van der Waals surface area contributed by atoms with Gasteiger partial charge >= 0.3 is 5.97 Å². The zero-order valence-electron chi connectivity index (χ0n) is 17.0. The summed E-state index contributed by atoms with van der Waals surface area (Å²) in [5.41, 5.74) is -1.97. The van der Waals surface area contributed by atoms with Crippen LogP contribution in [0.1, 0.15) is 53.4 Å². The van der Waals surface area contributed by atoms with Gasteiger partial charge in [-0.15, -0.1) is 0 Å². The van der Waals surface area contributed by atoms with Crippen LogP contribution in [0.15, 0.2) is 12.2 Å². The number of hydrogen-bond donors (Lipinski definition) is 2. The summed E-state index contributed by atoms with van der Waals surface area (Å²) in [5.74, 6) is -1.89. The molecule has 1 spiro atoms. The third-order valence-corrected chi connectivity index (χ3v) is 8.50. The van der Waals surface area contributed by atoms with E-state index in [0.717, 1.165) is 0 Å². The third-order valence-electron chi connectivity index (χ3n) is 8.50. The van der Waals surface area contributed by atoms with Crippen LogP contribution in [0.25, 0.3) is 0 Å². The SMILES string of the molecule is C=C1[C@@H]2CC(=O)[C@@H]3[C@@](CC(=O)[C@@H]4C(C)(C)[C@@H](O)C[C@H](OC(C)=O)[C@]43C)(C2)[C@@H]1O. The molecule has 0 unspecified atom stereocenters. The highest BCUT2D eigenvalue weighted by molar-refractivity contribution is 5.93. The molecule has 2 N–H and O–H groups in total. The predicted molar refractivity (Wildman–Crippen MR) is 100.0 cm³/mol. The predicted octanol–water partition coefficient (Wildman–Crippen LogP) is 1.82. The molecule has 0 aromatic heterocycles. The van der Waals surface area contributed by atoms with Crippen molar-refractivity contribution in [3.63, 3.8) is 0 Å². The third kappa shape index (κ3) is 2.19. The zero-order chi connectivity index (χ0) is 20.8. The lowest BCUT2D eigenvalue weighted by atomic mass is 9.39. The molecule has 4 saturated carbocycles. The normalized spacial score (nSPS) is 49.4. The number of ether oxygens (including phenoxy) is 1. The summed E-state index contributed by atoms with van der Waals surface area (Å²) in [7, 11) is 0. The van der Waals surface area contributed by atoms with Gasteiger partial charge in [-0.25, -0.2) is 0 Å². The number of Topliss-reactive ketones (excluding diaryl/α,β-unsaturated/α-hetero) is 2. The smallest absolute Gasteiger partial charge is 0.302 e. The largest absolute Gasteiger partial charge is 0.462 e. The van der Waals surface area contributed by atoms with E-state index in [1.165, 1.54) is 6.92 Å². The van der Waals surface area contributed by atoms with Gasteiger partial charge in [0.15, 0.2) is 0 Å². The Balaban J connectivity index is 1.93. The van der Waals surface area contributed by atoms with E-state index in [1.807, 2.05) is 20.8 Å². The van der Waals surface area contributed by atoms with Crippen LogP contribution in [0.3, 0.4) is 0 Å². The Morgan fingerprint density at radius 1 is 1.14 bits per heavy atom. The molecule has 0 aromatic rings. The molecule has 154 valence electrons. The maximum atomic E-state index is 13.5. The summed E-state index contributed by atoms with van der Waals surface area (Å²) >= 11 is 0. The Bertz CT molecular complexity index is 784. The highest BCUT2D eigenvalue weighted by atomic mass is 16.5. The molecule has 4 fully saturated rings. The molecule has 0 aromatic carbocycles. The van der Waals surface area contributed by atoms with Gasteiger partial charge in [-0.1, -0.05) is 27.4 Å². The van der Waals surface area contributed by atoms with E-state index in [0.29, 0.717) is 18.4 Å². The van der Waals surface area contributed by atoms with Gasteiger partial charge < -0.3 is 14.9 Å². The summed E-state index contributed by atoms with van der Waals surface area (Å²) in [6.45, 7) is 10.9. The van der Waals surface area contributed by atoms with Crippen LogP contribution in [0.2, 0.25) is 0 Å². The van der Waals surface area contributed by atoms with Crippen LogP contribution in [0.4, 0.5) is 0 Å². The summed E-state index contributed by atoms with van der Waals surface area (Å²) in [5, 5.41) is 21.9. The van der Waals surface area contributed by atoms with Gasteiger partial charge in [0.25, 0.3) is 0 Å². The average molecular weight is 390 g/mol. The molecule has 6 heteroatoms. The van der Waals surface area contributed by atoms with Crippen molar-refractivity contribution >= 4 is 17.5 Å². The minimum Gasteiger partial charge on any atom is -0.462 e. The van der Waals surface area contributed by atoms with Crippen LogP contribution in [0, 0.1) is 34.0 Å². The van der Waals surface area contributed by atoms with Crippen LogP contribution in [-0.4, -0.2) is 46.1 Å². The zero-order valence-corrected chi connectivity index (χ0v) is 17.0. The van der Waals surface area contributed by atoms with Crippen molar-refractivity contribution in [3.05, 3.63) is 12.2 Å². The monoisotopic (exact) mass is 390 g/mol. The maximum Gasteiger partial charge on any atom is 0.302 e. The van der Waals surface area contributed by atoms with Gasteiger partial charge in [-0.3, -0.25) is 14.4 Å². The molecule has 4 rings (SSSR count). The van der Waals surface area contributed by atoms with Crippen LogP contribution >= 0.6 is 0 Å². The molecule has 0 radical (unpaired) electrons. The lowest BCUT2D eigenvalue weighted by Gasteiger charge is -2.64. The number of esters is 1. The van der Waals surface area contributed by atoms with Crippen molar-refractivity contribution in [1.29, 1.82) is 0 Å². The van der Waals surface area contributed by atoms with Gasteiger partial charge in [-0.2, -0.15) is 0 Å². The van der Waals surface area contributed by atoms with Crippen LogP contribution in [-0.2, 0) is 19.1 Å². The van der Waals surface area contributed by atoms with Crippen molar-refractivity contribution in [3.8, 4) is 0 Å². The molecule has 28 heavy (non-hydrogen) atoms.